The summed E-state index contributed by atoms with van der Waals surface area (Å²) in [6, 6.07) is 4.62. The highest BCUT2D eigenvalue weighted by atomic mass is 79.9. The van der Waals surface area contributed by atoms with Crippen LogP contribution in [-0.4, -0.2) is 0 Å². The molecule has 0 radical (unpaired) electrons. The van der Waals surface area contributed by atoms with Crippen molar-refractivity contribution in [3.8, 4) is 0 Å². The topological polar surface area (TPSA) is 0 Å². The molecular formula is C16H25BrS. The van der Waals surface area contributed by atoms with E-state index in [2.05, 4.69) is 76.5 Å². The van der Waals surface area contributed by atoms with E-state index < -0.39 is 0 Å². The van der Waals surface area contributed by atoms with Crippen molar-refractivity contribution in [2.45, 2.75) is 58.7 Å². The van der Waals surface area contributed by atoms with Gasteiger partial charge in [-0.05, 0) is 34.3 Å². The van der Waals surface area contributed by atoms with E-state index in [4.69, 9.17) is 0 Å². The van der Waals surface area contributed by atoms with E-state index in [1.807, 2.05) is 11.3 Å². The zero-order chi connectivity index (χ0) is 13.9. The zero-order valence-corrected chi connectivity index (χ0v) is 15.0. The van der Waals surface area contributed by atoms with Crippen molar-refractivity contribution in [2.75, 3.05) is 0 Å². The average Bonchev–Trinajstić information content (AvgIpc) is 2.57. The van der Waals surface area contributed by atoms with E-state index in [0.29, 0.717) is 15.7 Å². The van der Waals surface area contributed by atoms with Gasteiger partial charge in [-0.2, -0.15) is 0 Å². The van der Waals surface area contributed by atoms with Gasteiger partial charge in [-0.1, -0.05) is 64.4 Å². The van der Waals surface area contributed by atoms with Crippen LogP contribution in [-0.2, 0) is 5.41 Å². The minimum absolute atomic E-state index is 0.268. The third kappa shape index (κ3) is 2.10. The molecule has 2 rings (SSSR count). The number of hydrogen-bond acceptors (Lipinski definition) is 1. The van der Waals surface area contributed by atoms with E-state index in [1.54, 1.807) is 0 Å². The Bertz CT molecular complexity index is 434. The fraction of sp³-hybridized carbons (Fsp3) is 0.750. The van der Waals surface area contributed by atoms with Gasteiger partial charge in [0.05, 0.1) is 4.83 Å². The first-order valence-electron chi connectivity index (χ1n) is 6.74. The highest BCUT2D eigenvalue weighted by Gasteiger charge is 2.67. The van der Waals surface area contributed by atoms with Crippen LogP contribution in [0, 0.1) is 16.7 Å². The summed E-state index contributed by atoms with van der Waals surface area (Å²) in [4.78, 5) is 3.48. The number of thiophene rings is 1. The summed E-state index contributed by atoms with van der Waals surface area (Å²) >= 11 is 5.93. The van der Waals surface area contributed by atoms with Crippen molar-refractivity contribution in [2.24, 2.45) is 16.7 Å². The maximum atomic E-state index is 3.95. The summed E-state index contributed by atoms with van der Waals surface area (Å²) in [5.41, 5.74) is 1.14. The lowest BCUT2D eigenvalue weighted by Gasteiger charge is -2.16. The summed E-state index contributed by atoms with van der Waals surface area (Å²) in [7, 11) is 0. The van der Waals surface area contributed by atoms with Crippen molar-refractivity contribution in [1.82, 2.24) is 0 Å². The molecule has 1 aliphatic rings. The Morgan fingerprint density at radius 2 is 1.61 bits per heavy atom. The first-order chi connectivity index (χ1) is 7.99. The maximum Gasteiger partial charge on any atom is 0.0528 e. The Kier molecular flexibility index (Phi) is 3.31. The van der Waals surface area contributed by atoms with Crippen LogP contribution in [0.4, 0.5) is 0 Å². The second-order valence-electron chi connectivity index (χ2n) is 7.77. The van der Waals surface area contributed by atoms with E-state index in [0.717, 1.165) is 5.92 Å². The maximum absolute atomic E-state index is 3.95. The van der Waals surface area contributed by atoms with Crippen molar-refractivity contribution in [3.05, 3.63) is 21.9 Å². The van der Waals surface area contributed by atoms with Crippen LogP contribution in [0.25, 0.3) is 0 Å². The van der Waals surface area contributed by atoms with Gasteiger partial charge in [0.1, 0.15) is 0 Å². The molecule has 1 heterocycles. The van der Waals surface area contributed by atoms with Crippen LogP contribution in [0.15, 0.2) is 12.1 Å². The molecule has 0 aliphatic heterocycles. The molecule has 18 heavy (non-hydrogen) atoms. The summed E-state index contributed by atoms with van der Waals surface area (Å²) in [5, 5.41) is 0. The van der Waals surface area contributed by atoms with Gasteiger partial charge in [0.2, 0.25) is 0 Å². The molecule has 0 nitrogen and oxygen atoms in total. The van der Waals surface area contributed by atoms with Gasteiger partial charge in [0.25, 0.3) is 0 Å². The first kappa shape index (κ1) is 14.6. The van der Waals surface area contributed by atoms with Crippen LogP contribution in [0.3, 0.4) is 0 Å². The Morgan fingerprint density at radius 3 is 1.94 bits per heavy atom. The summed E-state index contributed by atoms with van der Waals surface area (Å²) < 4.78 is 0. The van der Waals surface area contributed by atoms with E-state index in [9.17, 15) is 0 Å². The molecule has 102 valence electrons. The molecule has 1 atom stereocenters. The Morgan fingerprint density at radius 1 is 1.11 bits per heavy atom. The third-order valence-corrected chi connectivity index (χ3v) is 7.98. The van der Waals surface area contributed by atoms with E-state index in [1.165, 1.54) is 9.75 Å². The van der Waals surface area contributed by atoms with Crippen molar-refractivity contribution < 1.29 is 0 Å². The largest absolute Gasteiger partial charge is 0.144 e. The van der Waals surface area contributed by atoms with Gasteiger partial charge in [-0.25, -0.2) is 0 Å². The van der Waals surface area contributed by atoms with Crippen LogP contribution >= 0.6 is 27.3 Å². The molecule has 0 bridgehead atoms. The summed E-state index contributed by atoms with van der Waals surface area (Å²) in [6.07, 6.45) is 0. The number of hydrogen-bond donors (Lipinski definition) is 0. The fourth-order valence-electron chi connectivity index (χ4n) is 3.05. The molecule has 0 N–H and O–H groups in total. The van der Waals surface area contributed by atoms with Gasteiger partial charge in [-0.3, -0.25) is 0 Å². The molecule has 0 saturated heterocycles. The highest BCUT2D eigenvalue weighted by molar-refractivity contribution is 9.09. The fourth-order valence-corrected chi connectivity index (χ4v) is 5.88. The Balaban J connectivity index is 2.22. The lowest BCUT2D eigenvalue weighted by atomic mass is 9.95. The van der Waals surface area contributed by atoms with E-state index in [-0.39, 0.29) is 5.41 Å². The van der Waals surface area contributed by atoms with Gasteiger partial charge in [0, 0.05) is 9.75 Å². The minimum atomic E-state index is 0.268. The Hall–Kier alpha value is 0.180. The highest BCUT2D eigenvalue weighted by Crippen LogP contribution is 2.74. The molecule has 0 spiro atoms. The molecule has 0 aromatic carbocycles. The van der Waals surface area contributed by atoms with Crippen LogP contribution in [0.2, 0.25) is 0 Å². The third-order valence-electron chi connectivity index (χ3n) is 5.06. The molecule has 0 amide bonds. The lowest BCUT2D eigenvalue weighted by molar-refractivity contribution is 0.457. The van der Waals surface area contributed by atoms with Gasteiger partial charge < -0.3 is 0 Å². The summed E-state index contributed by atoms with van der Waals surface area (Å²) in [6.45, 7) is 16.4. The molecular weight excluding hydrogens is 304 g/mol. The number of alkyl halides is 1. The van der Waals surface area contributed by atoms with E-state index >= 15 is 0 Å². The van der Waals surface area contributed by atoms with Crippen molar-refractivity contribution >= 4 is 27.3 Å². The SMILES string of the molecule is CC(C)(C)c1ccc(C(Br)C2C(C)(C)C2(C)C)s1. The molecule has 1 fully saturated rings. The second kappa shape index (κ2) is 4.09. The summed E-state index contributed by atoms with van der Waals surface area (Å²) in [5.74, 6) is 0.733. The molecule has 1 saturated carbocycles. The average molecular weight is 329 g/mol. The van der Waals surface area contributed by atoms with Crippen molar-refractivity contribution in [3.63, 3.8) is 0 Å². The Labute approximate surface area is 124 Å². The van der Waals surface area contributed by atoms with Crippen molar-refractivity contribution in [1.29, 1.82) is 0 Å². The van der Waals surface area contributed by atoms with Gasteiger partial charge in [0.15, 0.2) is 0 Å². The standard InChI is InChI=1S/C16H25BrS/c1-14(2,3)11-9-8-10(18-11)12(17)13-15(4,5)16(13,6)7/h8-9,12-13H,1-7H3. The van der Waals surface area contributed by atoms with Crippen LogP contribution < -0.4 is 0 Å². The van der Waals surface area contributed by atoms with Crippen LogP contribution in [0.5, 0.6) is 0 Å². The first-order valence-corrected chi connectivity index (χ1v) is 8.47. The predicted octanol–water partition coefficient (Wildman–Crippen LogP) is 6.16. The van der Waals surface area contributed by atoms with Gasteiger partial charge in [-0.15, -0.1) is 11.3 Å². The normalized spacial score (nSPS) is 24.0. The lowest BCUT2D eigenvalue weighted by Crippen LogP contribution is -2.07. The molecule has 1 unspecified atom stereocenters. The monoisotopic (exact) mass is 328 g/mol. The quantitative estimate of drug-likeness (QED) is 0.570. The minimum Gasteiger partial charge on any atom is -0.144 e. The molecule has 1 aromatic heterocycles. The molecule has 1 aromatic rings. The molecule has 1 aliphatic carbocycles. The predicted molar refractivity (Wildman–Crippen MR) is 85.7 cm³/mol. The smallest absolute Gasteiger partial charge is 0.0528 e. The number of halogens is 1. The molecule has 2 heteroatoms. The number of rotatable bonds is 2. The zero-order valence-electron chi connectivity index (χ0n) is 12.6. The van der Waals surface area contributed by atoms with Gasteiger partial charge >= 0.3 is 0 Å². The second-order valence-corrected chi connectivity index (χ2v) is 9.88. The van der Waals surface area contributed by atoms with Crippen LogP contribution in [0.1, 0.15) is 63.0 Å².